The molecule has 144 valence electrons. The number of nitrogens with one attached hydrogen (secondary N) is 2. The van der Waals surface area contributed by atoms with Crippen molar-refractivity contribution in [2.45, 2.75) is 24.9 Å². The molecule has 0 aliphatic rings. The Labute approximate surface area is 154 Å². The lowest BCUT2D eigenvalue weighted by Crippen LogP contribution is -2.26. The molecular weight excluding hydrogens is 381 g/mol. The minimum absolute atomic E-state index is 0.0621. The van der Waals surface area contributed by atoms with Crippen molar-refractivity contribution in [1.82, 2.24) is 9.71 Å². The van der Waals surface area contributed by atoms with Gasteiger partial charge in [0.1, 0.15) is 11.6 Å². The summed E-state index contributed by atoms with van der Waals surface area (Å²) >= 11 is 0. The second-order valence-electron chi connectivity index (χ2n) is 5.92. The van der Waals surface area contributed by atoms with Crippen molar-refractivity contribution in [2.24, 2.45) is 0 Å². The van der Waals surface area contributed by atoms with E-state index in [9.17, 15) is 21.6 Å². The van der Waals surface area contributed by atoms with Crippen LogP contribution in [-0.4, -0.2) is 26.6 Å². The smallest absolute Gasteiger partial charge is 0.387 e. The van der Waals surface area contributed by atoms with E-state index in [0.29, 0.717) is 11.8 Å². The first-order chi connectivity index (χ1) is 12.8. The Balaban J connectivity index is 1.73. The summed E-state index contributed by atoms with van der Waals surface area (Å²) in [7, 11) is -3.91. The van der Waals surface area contributed by atoms with Gasteiger partial charge >= 0.3 is 6.61 Å². The predicted octanol–water partition coefficient (Wildman–Crippen LogP) is 3.74. The molecule has 9 heteroatoms. The van der Waals surface area contributed by atoms with Crippen LogP contribution in [0.2, 0.25) is 0 Å². The zero-order chi connectivity index (χ0) is 19.6. The van der Waals surface area contributed by atoms with Crippen molar-refractivity contribution in [3.8, 4) is 5.75 Å². The maximum absolute atomic E-state index is 13.5. The Morgan fingerprint density at radius 3 is 2.70 bits per heavy atom. The summed E-state index contributed by atoms with van der Waals surface area (Å²) in [5.41, 5.74) is 2.40. The van der Waals surface area contributed by atoms with Crippen LogP contribution in [-0.2, 0) is 16.4 Å². The summed E-state index contributed by atoms with van der Waals surface area (Å²) in [4.78, 5) is 2.95. The molecule has 0 fully saturated rings. The maximum Gasteiger partial charge on any atom is 0.387 e. The molecule has 0 amide bonds. The highest BCUT2D eigenvalue weighted by Crippen LogP contribution is 2.24. The van der Waals surface area contributed by atoms with Crippen molar-refractivity contribution < 1.29 is 26.3 Å². The Bertz CT molecular complexity index is 1060. The number of H-pyrrole nitrogens is 1. The first kappa shape index (κ1) is 19.2. The van der Waals surface area contributed by atoms with Crippen LogP contribution in [0.15, 0.2) is 47.4 Å². The molecule has 0 unspecified atom stereocenters. The number of aromatic amines is 1. The van der Waals surface area contributed by atoms with Gasteiger partial charge in [0.15, 0.2) is 0 Å². The van der Waals surface area contributed by atoms with Gasteiger partial charge in [0.2, 0.25) is 10.0 Å². The van der Waals surface area contributed by atoms with Crippen molar-refractivity contribution in [1.29, 1.82) is 0 Å². The number of hydrogen-bond acceptors (Lipinski definition) is 3. The highest BCUT2D eigenvalue weighted by Gasteiger charge is 2.16. The largest absolute Gasteiger partial charge is 0.435 e. The highest BCUT2D eigenvalue weighted by molar-refractivity contribution is 7.89. The molecule has 0 aliphatic carbocycles. The van der Waals surface area contributed by atoms with Crippen molar-refractivity contribution in [3.63, 3.8) is 0 Å². The summed E-state index contributed by atoms with van der Waals surface area (Å²) in [6, 6.07) is 9.24. The molecule has 0 saturated heterocycles. The lowest BCUT2D eigenvalue weighted by Gasteiger charge is -2.09. The van der Waals surface area contributed by atoms with Gasteiger partial charge in [0, 0.05) is 29.2 Å². The van der Waals surface area contributed by atoms with E-state index in [0.717, 1.165) is 22.8 Å². The van der Waals surface area contributed by atoms with E-state index in [4.69, 9.17) is 0 Å². The Hall–Kier alpha value is -2.52. The SMILES string of the molecule is Cc1[nH]c2ccc(F)cc2c1CCNS(=O)(=O)c1cccc(OC(F)F)c1. The summed E-state index contributed by atoms with van der Waals surface area (Å²) in [5.74, 6) is -0.616. The van der Waals surface area contributed by atoms with E-state index in [1.165, 1.54) is 30.3 Å². The van der Waals surface area contributed by atoms with E-state index in [-0.39, 0.29) is 23.0 Å². The minimum atomic E-state index is -3.91. The summed E-state index contributed by atoms with van der Waals surface area (Å²) in [6.45, 7) is -1.15. The van der Waals surface area contributed by atoms with Crippen molar-refractivity contribution in [3.05, 3.63) is 59.5 Å². The van der Waals surface area contributed by atoms with Crippen LogP contribution >= 0.6 is 0 Å². The normalized spacial score (nSPS) is 12.0. The Kier molecular flexibility index (Phi) is 5.43. The first-order valence-corrected chi connectivity index (χ1v) is 9.56. The van der Waals surface area contributed by atoms with Crippen LogP contribution in [0.25, 0.3) is 10.9 Å². The van der Waals surface area contributed by atoms with Crippen LogP contribution in [0.1, 0.15) is 11.3 Å². The second-order valence-corrected chi connectivity index (χ2v) is 7.69. The number of ether oxygens (including phenoxy) is 1. The van der Waals surface area contributed by atoms with Gasteiger partial charge in [-0.05, 0) is 49.2 Å². The summed E-state index contributed by atoms with van der Waals surface area (Å²) in [6.07, 6.45) is 0.335. The number of rotatable bonds is 7. The molecule has 27 heavy (non-hydrogen) atoms. The van der Waals surface area contributed by atoms with Crippen molar-refractivity contribution in [2.75, 3.05) is 6.54 Å². The molecule has 2 N–H and O–H groups in total. The fourth-order valence-electron chi connectivity index (χ4n) is 2.89. The molecule has 1 heterocycles. The third-order valence-electron chi connectivity index (χ3n) is 4.09. The molecule has 3 rings (SSSR count). The third kappa shape index (κ3) is 4.42. The monoisotopic (exact) mass is 398 g/mol. The zero-order valence-electron chi connectivity index (χ0n) is 14.3. The molecule has 0 radical (unpaired) electrons. The third-order valence-corrected chi connectivity index (χ3v) is 5.55. The van der Waals surface area contributed by atoms with Gasteiger partial charge in [-0.25, -0.2) is 17.5 Å². The highest BCUT2D eigenvalue weighted by atomic mass is 32.2. The van der Waals surface area contributed by atoms with E-state index in [1.807, 2.05) is 6.92 Å². The maximum atomic E-state index is 13.5. The number of hydrogen-bond donors (Lipinski definition) is 2. The zero-order valence-corrected chi connectivity index (χ0v) is 15.1. The molecule has 0 atom stereocenters. The molecular formula is C18H17F3N2O3S. The lowest BCUT2D eigenvalue weighted by atomic mass is 10.1. The number of alkyl halides is 2. The van der Waals surface area contributed by atoms with Gasteiger partial charge in [-0.1, -0.05) is 6.07 Å². The molecule has 1 aromatic heterocycles. The summed E-state index contributed by atoms with van der Waals surface area (Å²) in [5, 5.41) is 0.694. The quantitative estimate of drug-likeness (QED) is 0.637. The number of sulfonamides is 1. The molecule has 3 aromatic rings. The fourth-order valence-corrected chi connectivity index (χ4v) is 3.95. The van der Waals surface area contributed by atoms with Crippen LogP contribution < -0.4 is 9.46 Å². The van der Waals surface area contributed by atoms with Gasteiger partial charge in [-0.3, -0.25) is 0 Å². The van der Waals surface area contributed by atoms with Crippen LogP contribution in [0, 0.1) is 12.7 Å². The van der Waals surface area contributed by atoms with E-state index in [2.05, 4.69) is 14.4 Å². The molecule has 0 spiro atoms. The van der Waals surface area contributed by atoms with E-state index in [1.54, 1.807) is 6.07 Å². The fraction of sp³-hybridized carbons (Fsp3) is 0.222. The first-order valence-electron chi connectivity index (χ1n) is 8.07. The van der Waals surface area contributed by atoms with Gasteiger partial charge in [-0.2, -0.15) is 8.78 Å². The Morgan fingerprint density at radius 2 is 1.96 bits per heavy atom. The molecule has 0 aliphatic heterocycles. The van der Waals surface area contributed by atoms with Crippen LogP contribution in [0.3, 0.4) is 0 Å². The number of fused-ring (bicyclic) bond motifs is 1. The molecule has 0 saturated carbocycles. The van der Waals surface area contributed by atoms with Gasteiger partial charge < -0.3 is 9.72 Å². The topological polar surface area (TPSA) is 71.2 Å². The van der Waals surface area contributed by atoms with Crippen LogP contribution in [0.4, 0.5) is 13.2 Å². The Morgan fingerprint density at radius 1 is 1.19 bits per heavy atom. The standard InChI is InChI=1S/C18H17F3N2O3S/c1-11-15(16-9-12(19)5-6-17(16)23-11)7-8-22-27(24,25)14-4-2-3-13(10-14)26-18(20)21/h2-6,9-10,18,22-23H,7-8H2,1H3. The molecule has 0 bridgehead atoms. The predicted molar refractivity (Wildman–Crippen MR) is 95.0 cm³/mol. The number of aromatic nitrogens is 1. The summed E-state index contributed by atoms with van der Waals surface area (Å²) < 4.78 is 69.5. The number of halogens is 3. The molecule has 5 nitrogen and oxygen atoms in total. The minimum Gasteiger partial charge on any atom is -0.435 e. The van der Waals surface area contributed by atoms with E-state index >= 15 is 0 Å². The van der Waals surface area contributed by atoms with Gasteiger partial charge in [0.05, 0.1) is 4.90 Å². The molecule has 2 aromatic carbocycles. The lowest BCUT2D eigenvalue weighted by molar-refractivity contribution is -0.0499. The van der Waals surface area contributed by atoms with Crippen molar-refractivity contribution >= 4 is 20.9 Å². The average molecular weight is 398 g/mol. The number of aryl methyl sites for hydroxylation is 1. The second kappa shape index (κ2) is 7.61. The van der Waals surface area contributed by atoms with Crippen LogP contribution in [0.5, 0.6) is 5.75 Å². The average Bonchev–Trinajstić information content (AvgIpc) is 2.90. The number of benzene rings is 2. The van der Waals surface area contributed by atoms with E-state index < -0.39 is 16.6 Å². The van der Waals surface area contributed by atoms with Gasteiger partial charge in [-0.15, -0.1) is 0 Å². The van der Waals surface area contributed by atoms with Gasteiger partial charge in [0.25, 0.3) is 0 Å².